The quantitative estimate of drug-likeness (QED) is 0.518. The first kappa shape index (κ1) is 14.8. The van der Waals surface area contributed by atoms with Crippen molar-refractivity contribution in [2.24, 2.45) is 0 Å². The molecule has 1 N–H and O–H groups in total. The molecule has 0 aliphatic heterocycles. The standard InChI is InChI=1S/C6H5NO5S.C6H6/c8-7(9)5-2-1-3-6(4-5)13(10,11)12;1-2-4-6-5-3-1/h1-4H,(H,10,11,12);1-6H. The third kappa shape index (κ3) is 5.28. The van der Waals surface area contributed by atoms with Gasteiger partial charge < -0.3 is 0 Å². The molecule has 0 radical (unpaired) electrons. The molecule has 19 heavy (non-hydrogen) atoms. The molecule has 0 unspecified atom stereocenters. The third-order valence-electron chi connectivity index (χ3n) is 1.99. The van der Waals surface area contributed by atoms with Crippen molar-refractivity contribution in [1.29, 1.82) is 0 Å². The van der Waals surface area contributed by atoms with E-state index in [9.17, 15) is 18.5 Å². The van der Waals surface area contributed by atoms with Crippen LogP contribution in [0, 0.1) is 10.1 Å². The summed E-state index contributed by atoms with van der Waals surface area (Å²) in [5, 5.41) is 10.2. The largest absolute Gasteiger partial charge is 0.294 e. The van der Waals surface area contributed by atoms with Gasteiger partial charge in [-0.15, -0.1) is 0 Å². The van der Waals surface area contributed by atoms with E-state index in [2.05, 4.69) is 0 Å². The summed E-state index contributed by atoms with van der Waals surface area (Å²) in [7, 11) is -4.36. The van der Waals surface area contributed by atoms with Crippen LogP contribution in [0.15, 0.2) is 65.6 Å². The summed E-state index contributed by atoms with van der Waals surface area (Å²) in [5.74, 6) is 0. The first-order valence-electron chi connectivity index (χ1n) is 5.13. The number of nitrogens with zero attached hydrogens (tertiary/aromatic N) is 1. The van der Waals surface area contributed by atoms with Gasteiger partial charge in [-0.1, -0.05) is 42.5 Å². The van der Waals surface area contributed by atoms with Gasteiger partial charge in [0, 0.05) is 12.1 Å². The van der Waals surface area contributed by atoms with Gasteiger partial charge in [-0.2, -0.15) is 8.42 Å². The predicted molar refractivity (Wildman–Crippen MR) is 69.4 cm³/mol. The van der Waals surface area contributed by atoms with E-state index >= 15 is 0 Å². The Morgan fingerprint density at radius 3 is 1.79 bits per heavy atom. The maximum atomic E-state index is 10.5. The third-order valence-corrected chi connectivity index (χ3v) is 2.84. The predicted octanol–water partition coefficient (Wildman–Crippen LogP) is 2.53. The van der Waals surface area contributed by atoms with Gasteiger partial charge in [0.2, 0.25) is 0 Å². The Morgan fingerprint density at radius 2 is 1.42 bits per heavy atom. The van der Waals surface area contributed by atoms with Crippen LogP contribution in [0.1, 0.15) is 0 Å². The number of nitro benzene ring substituents is 1. The Bertz CT molecular complexity index is 613. The zero-order valence-corrected chi connectivity index (χ0v) is 10.5. The second-order valence-corrected chi connectivity index (χ2v) is 4.81. The van der Waals surface area contributed by atoms with Gasteiger partial charge in [0.1, 0.15) is 4.90 Å². The number of hydrogen-bond donors (Lipinski definition) is 1. The molecule has 0 aromatic heterocycles. The highest BCUT2D eigenvalue weighted by Gasteiger charge is 2.13. The smallest absolute Gasteiger partial charge is 0.282 e. The molecular weight excluding hydrogens is 270 g/mol. The molecule has 0 saturated carbocycles. The Morgan fingerprint density at radius 1 is 0.947 bits per heavy atom. The summed E-state index contributed by atoms with van der Waals surface area (Å²) in [5.41, 5.74) is -0.380. The van der Waals surface area contributed by atoms with Gasteiger partial charge in [0.25, 0.3) is 15.8 Å². The fraction of sp³-hybridized carbons (Fsp3) is 0. The number of rotatable bonds is 2. The van der Waals surface area contributed by atoms with E-state index in [4.69, 9.17) is 4.55 Å². The lowest BCUT2D eigenvalue weighted by atomic mass is 10.3. The van der Waals surface area contributed by atoms with Gasteiger partial charge in [-0.05, 0) is 6.07 Å². The fourth-order valence-electron chi connectivity index (χ4n) is 1.14. The summed E-state index contributed by atoms with van der Waals surface area (Å²) in [6, 6.07) is 16.2. The fourth-order valence-corrected chi connectivity index (χ4v) is 1.66. The first-order chi connectivity index (χ1) is 8.91. The van der Waals surface area contributed by atoms with E-state index in [1.54, 1.807) is 0 Å². The second-order valence-electron chi connectivity index (χ2n) is 3.38. The van der Waals surface area contributed by atoms with E-state index in [-0.39, 0.29) is 5.69 Å². The van der Waals surface area contributed by atoms with Gasteiger partial charge in [0.05, 0.1) is 4.92 Å². The summed E-state index contributed by atoms with van der Waals surface area (Å²) in [6.45, 7) is 0. The molecule has 0 aliphatic rings. The molecule has 0 atom stereocenters. The van der Waals surface area contributed by atoms with Crippen molar-refractivity contribution < 1.29 is 17.9 Å². The van der Waals surface area contributed by atoms with Crippen molar-refractivity contribution in [2.75, 3.05) is 0 Å². The van der Waals surface area contributed by atoms with Crippen LogP contribution in [-0.2, 0) is 10.1 Å². The van der Waals surface area contributed by atoms with Crippen molar-refractivity contribution >= 4 is 15.8 Å². The average Bonchev–Trinajstić information content (AvgIpc) is 2.40. The highest BCUT2D eigenvalue weighted by Crippen LogP contribution is 2.16. The van der Waals surface area contributed by atoms with E-state index in [0.29, 0.717) is 0 Å². The molecule has 2 aromatic rings. The van der Waals surface area contributed by atoms with Crippen LogP contribution < -0.4 is 0 Å². The molecule has 0 heterocycles. The summed E-state index contributed by atoms with van der Waals surface area (Å²) in [4.78, 5) is 8.98. The lowest BCUT2D eigenvalue weighted by Gasteiger charge is -1.95. The highest BCUT2D eigenvalue weighted by atomic mass is 32.2. The van der Waals surface area contributed by atoms with Crippen LogP contribution in [0.4, 0.5) is 5.69 Å². The molecule has 0 aliphatic carbocycles. The summed E-state index contributed by atoms with van der Waals surface area (Å²) >= 11 is 0. The van der Waals surface area contributed by atoms with Crippen LogP contribution in [0.3, 0.4) is 0 Å². The molecule has 100 valence electrons. The Labute approximate surface area is 110 Å². The molecule has 0 amide bonds. The second kappa shape index (κ2) is 6.62. The molecule has 0 fully saturated rings. The lowest BCUT2D eigenvalue weighted by Crippen LogP contribution is -1.98. The van der Waals surface area contributed by atoms with Crippen LogP contribution in [0.2, 0.25) is 0 Å². The van der Waals surface area contributed by atoms with Crippen LogP contribution >= 0.6 is 0 Å². The van der Waals surface area contributed by atoms with Crippen molar-refractivity contribution in [1.82, 2.24) is 0 Å². The average molecular weight is 281 g/mol. The van der Waals surface area contributed by atoms with E-state index in [1.807, 2.05) is 36.4 Å². The molecule has 2 rings (SSSR count). The van der Waals surface area contributed by atoms with Crippen LogP contribution in [0.5, 0.6) is 0 Å². The van der Waals surface area contributed by atoms with E-state index in [0.717, 1.165) is 18.2 Å². The maximum Gasteiger partial charge on any atom is 0.294 e. The zero-order chi connectivity index (χ0) is 14.3. The van der Waals surface area contributed by atoms with E-state index < -0.39 is 19.9 Å². The molecule has 2 aromatic carbocycles. The summed E-state index contributed by atoms with van der Waals surface area (Å²) in [6.07, 6.45) is 0. The maximum absolute atomic E-state index is 10.5. The van der Waals surface area contributed by atoms with Crippen LogP contribution in [-0.4, -0.2) is 17.9 Å². The molecule has 6 nitrogen and oxygen atoms in total. The monoisotopic (exact) mass is 281 g/mol. The van der Waals surface area contributed by atoms with Crippen molar-refractivity contribution in [3.05, 3.63) is 70.8 Å². The van der Waals surface area contributed by atoms with Crippen molar-refractivity contribution in [3.8, 4) is 0 Å². The minimum absolute atomic E-state index is 0.380. The Kier molecular flexibility index (Phi) is 5.16. The van der Waals surface area contributed by atoms with Gasteiger partial charge in [0.15, 0.2) is 0 Å². The number of nitro groups is 1. The number of non-ortho nitro benzene ring substituents is 1. The SMILES string of the molecule is O=[N+]([O-])c1cccc(S(=O)(=O)O)c1.c1ccccc1. The molecule has 0 spiro atoms. The first-order valence-corrected chi connectivity index (χ1v) is 6.57. The van der Waals surface area contributed by atoms with Crippen molar-refractivity contribution in [3.63, 3.8) is 0 Å². The minimum Gasteiger partial charge on any atom is -0.282 e. The Hall–Kier alpha value is -2.25. The highest BCUT2D eigenvalue weighted by molar-refractivity contribution is 7.85. The zero-order valence-electron chi connectivity index (χ0n) is 9.71. The minimum atomic E-state index is -4.36. The molecule has 0 saturated heterocycles. The summed E-state index contributed by atoms with van der Waals surface area (Å²) < 4.78 is 29.6. The molecule has 7 heteroatoms. The topological polar surface area (TPSA) is 97.5 Å². The van der Waals surface area contributed by atoms with E-state index in [1.165, 1.54) is 6.07 Å². The Balaban J connectivity index is 0.000000250. The molecule has 0 bridgehead atoms. The van der Waals surface area contributed by atoms with Gasteiger partial charge in [-0.25, -0.2) is 0 Å². The number of benzene rings is 2. The van der Waals surface area contributed by atoms with Gasteiger partial charge in [-0.3, -0.25) is 14.7 Å². The normalized spacial score (nSPS) is 10.2. The molecular formula is C12H11NO5S. The number of hydrogen-bond acceptors (Lipinski definition) is 4. The van der Waals surface area contributed by atoms with Gasteiger partial charge >= 0.3 is 0 Å². The van der Waals surface area contributed by atoms with Crippen molar-refractivity contribution in [2.45, 2.75) is 4.90 Å². The van der Waals surface area contributed by atoms with Crippen LogP contribution in [0.25, 0.3) is 0 Å². The lowest BCUT2D eigenvalue weighted by molar-refractivity contribution is -0.385.